The van der Waals surface area contributed by atoms with Gasteiger partial charge in [0.1, 0.15) is 9.84 Å². The van der Waals surface area contributed by atoms with Crippen molar-refractivity contribution in [2.45, 2.75) is 50.3 Å². The van der Waals surface area contributed by atoms with Gasteiger partial charge in [0, 0.05) is 24.1 Å². The summed E-state index contributed by atoms with van der Waals surface area (Å²) in [6, 6.07) is 0.320. The van der Waals surface area contributed by atoms with Crippen LogP contribution in [0.1, 0.15) is 36.4 Å². The van der Waals surface area contributed by atoms with Gasteiger partial charge in [-0.1, -0.05) is 6.42 Å². The lowest BCUT2D eigenvalue weighted by atomic mass is 9.82. The molecule has 20 heavy (non-hydrogen) atoms. The summed E-state index contributed by atoms with van der Waals surface area (Å²) in [6.07, 6.45) is 5.99. The first-order valence-electron chi connectivity index (χ1n) is 7.17. The number of aromatic nitrogens is 1. The fraction of sp³-hybridized carbons (Fsp3) is 0.786. The molecule has 1 N–H and O–H groups in total. The van der Waals surface area contributed by atoms with Crippen LogP contribution >= 0.6 is 11.3 Å². The lowest BCUT2D eigenvalue weighted by molar-refractivity contribution is 0.277. The molecule has 0 spiro atoms. The molecule has 4 nitrogen and oxygen atoms in total. The number of rotatable bonds is 5. The highest BCUT2D eigenvalue weighted by molar-refractivity contribution is 7.91. The van der Waals surface area contributed by atoms with Gasteiger partial charge in [-0.2, -0.15) is 0 Å². The van der Waals surface area contributed by atoms with Crippen LogP contribution in [0.25, 0.3) is 0 Å². The first-order valence-corrected chi connectivity index (χ1v) is 10.0. The predicted octanol–water partition coefficient (Wildman–Crippen LogP) is 2.19. The average molecular weight is 316 g/mol. The number of aryl methyl sites for hydroxylation is 1. The van der Waals surface area contributed by atoms with Gasteiger partial charge in [-0.15, -0.1) is 11.3 Å². The molecule has 1 saturated carbocycles. The van der Waals surface area contributed by atoms with Gasteiger partial charge in [-0.05, 0) is 39.2 Å². The van der Waals surface area contributed by atoms with Gasteiger partial charge >= 0.3 is 0 Å². The molecule has 1 aliphatic rings. The Morgan fingerprint density at radius 2 is 2.25 bits per heavy atom. The van der Waals surface area contributed by atoms with Crippen molar-refractivity contribution in [3.63, 3.8) is 0 Å². The van der Waals surface area contributed by atoms with Crippen LogP contribution in [-0.4, -0.2) is 38.0 Å². The monoisotopic (exact) mass is 316 g/mol. The Morgan fingerprint density at radius 3 is 2.80 bits per heavy atom. The Balaban J connectivity index is 2.03. The van der Waals surface area contributed by atoms with Crippen LogP contribution in [-0.2, 0) is 16.3 Å². The minimum Gasteiger partial charge on any atom is -0.316 e. The third kappa shape index (κ3) is 4.02. The van der Waals surface area contributed by atoms with Gasteiger partial charge in [0.25, 0.3) is 0 Å². The second-order valence-electron chi connectivity index (χ2n) is 5.84. The topological polar surface area (TPSA) is 59.1 Å². The third-order valence-electron chi connectivity index (χ3n) is 4.31. The summed E-state index contributed by atoms with van der Waals surface area (Å²) in [5, 5.41) is 6.41. The summed E-state index contributed by atoms with van der Waals surface area (Å²) in [5.41, 5.74) is 1.12. The molecule has 0 saturated heterocycles. The van der Waals surface area contributed by atoms with Crippen molar-refractivity contribution >= 4 is 21.2 Å². The molecule has 1 aromatic heterocycles. The van der Waals surface area contributed by atoms with Crippen molar-refractivity contribution in [1.82, 2.24) is 10.3 Å². The van der Waals surface area contributed by atoms with Gasteiger partial charge in [-0.25, -0.2) is 13.4 Å². The van der Waals surface area contributed by atoms with Gasteiger partial charge < -0.3 is 5.32 Å². The van der Waals surface area contributed by atoms with Crippen LogP contribution in [0.15, 0.2) is 5.38 Å². The van der Waals surface area contributed by atoms with Crippen molar-refractivity contribution in [1.29, 1.82) is 0 Å². The van der Waals surface area contributed by atoms with Crippen molar-refractivity contribution in [3.05, 3.63) is 16.1 Å². The second kappa shape index (κ2) is 6.54. The summed E-state index contributed by atoms with van der Waals surface area (Å²) in [5.74, 6) is 0.426. The van der Waals surface area contributed by atoms with Crippen molar-refractivity contribution in [2.75, 3.05) is 13.3 Å². The average Bonchev–Trinajstić information content (AvgIpc) is 2.81. The molecule has 1 heterocycles. The predicted molar refractivity (Wildman–Crippen MR) is 84.0 cm³/mol. The van der Waals surface area contributed by atoms with E-state index < -0.39 is 9.84 Å². The minimum absolute atomic E-state index is 0.158. The zero-order valence-electron chi connectivity index (χ0n) is 12.4. The Morgan fingerprint density at radius 1 is 1.50 bits per heavy atom. The molecule has 114 valence electrons. The highest BCUT2D eigenvalue weighted by Crippen LogP contribution is 2.31. The molecule has 2 rings (SSSR count). The largest absolute Gasteiger partial charge is 0.316 e. The lowest BCUT2D eigenvalue weighted by Crippen LogP contribution is -2.40. The van der Waals surface area contributed by atoms with E-state index in [4.69, 9.17) is 0 Å². The SMILES string of the molecule is CNC(Cc1csc(C)n1)C1CCCC(S(C)(=O)=O)C1. The molecule has 0 aromatic carbocycles. The number of sulfone groups is 1. The fourth-order valence-electron chi connectivity index (χ4n) is 3.17. The number of nitrogens with zero attached hydrogens (tertiary/aromatic N) is 1. The highest BCUT2D eigenvalue weighted by atomic mass is 32.2. The minimum atomic E-state index is -2.91. The van der Waals surface area contributed by atoms with E-state index in [-0.39, 0.29) is 5.25 Å². The molecule has 0 amide bonds. The van der Waals surface area contributed by atoms with E-state index in [1.54, 1.807) is 11.3 Å². The fourth-order valence-corrected chi connectivity index (χ4v) is 4.98. The number of hydrogen-bond donors (Lipinski definition) is 1. The van der Waals surface area contributed by atoms with Crippen LogP contribution in [0.4, 0.5) is 0 Å². The number of nitrogens with one attached hydrogen (secondary N) is 1. The maximum Gasteiger partial charge on any atom is 0.150 e. The zero-order valence-corrected chi connectivity index (χ0v) is 14.1. The van der Waals surface area contributed by atoms with Crippen LogP contribution in [0.2, 0.25) is 0 Å². The molecule has 3 atom stereocenters. The molecule has 1 aliphatic carbocycles. The summed E-state index contributed by atoms with van der Waals surface area (Å²) in [7, 11) is -0.944. The lowest BCUT2D eigenvalue weighted by Gasteiger charge is -2.33. The van der Waals surface area contributed by atoms with Crippen molar-refractivity contribution in [3.8, 4) is 0 Å². The van der Waals surface area contributed by atoms with E-state index in [0.29, 0.717) is 12.0 Å². The van der Waals surface area contributed by atoms with Gasteiger partial charge in [0.15, 0.2) is 0 Å². The molecule has 1 fully saturated rings. The highest BCUT2D eigenvalue weighted by Gasteiger charge is 2.32. The summed E-state index contributed by atoms with van der Waals surface area (Å²) < 4.78 is 23.5. The first kappa shape index (κ1) is 15.9. The van der Waals surface area contributed by atoms with E-state index in [1.807, 2.05) is 14.0 Å². The molecule has 0 radical (unpaired) electrons. The van der Waals surface area contributed by atoms with Crippen LogP contribution in [0.3, 0.4) is 0 Å². The number of likely N-dealkylation sites (N-methyl/N-ethyl adjacent to an activating group) is 1. The zero-order chi connectivity index (χ0) is 14.8. The molecule has 0 aliphatic heterocycles. The molecule has 1 aromatic rings. The summed E-state index contributed by atoms with van der Waals surface area (Å²) in [6.45, 7) is 2.02. The molecule has 0 bridgehead atoms. The van der Waals surface area contributed by atoms with Crippen LogP contribution in [0, 0.1) is 12.8 Å². The van der Waals surface area contributed by atoms with Gasteiger partial charge in [-0.3, -0.25) is 0 Å². The Hall–Kier alpha value is -0.460. The number of hydrogen-bond acceptors (Lipinski definition) is 5. The molecule has 3 unspecified atom stereocenters. The standard InChI is InChI=1S/C14H24N2O2S2/c1-10-16-12(9-19-10)8-14(15-2)11-5-4-6-13(7-11)20(3,17)18/h9,11,13-15H,4-8H2,1-3H3. The first-order chi connectivity index (χ1) is 9.40. The Labute approximate surface area is 125 Å². The maximum absolute atomic E-state index is 11.8. The normalized spacial score (nSPS) is 25.6. The summed E-state index contributed by atoms with van der Waals surface area (Å²) in [4.78, 5) is 4.52. The van der Waals surface area contributed by atoms with Crippen molar-refractivity contribution in [2.24, 2.45) is 5.92 Å². The number of thiazole rings is 1. The molecular weight excluding hydrogens is 292 g/mol. The Bertz CT molecular complexity index is 539. The Kier molecular flexibility index (Phi) is 5.20. The molecular formula is C14H24N2O2S2. The third-order valence-corrected chi connectivity index (χ3v) is 6.77. The van der Waals surface area contributed by atoms with Gasteiger partial charge in [0.2, 0.25) is 0 Å². The van der Waals surface area contributed by atoms with Crippen LogP contribution < -0.4 is 5.32 Å². The van der Waals surface area contributed by atoms with E-state index in [1.165, 1.54) is 6.26 Å². The van der Waals surface area contributed by atoms with E-state index in [9.17, 15) is 8.42 Å². The van der Waals surface area contributed by atoms with Crippen LogP contribution in [0.5, 0.6) is 0 Å². The van der Waals surface area contributed by atoms with Crippen molar-refractivity contribution < 1.29 is 8.42 Å². The summed E-state index contributed by atoms with van der Waals surface area (Å²) >= 11 is 1.67. The van der Waals surface area contributed by atoms with E-state index >= 15 is 0 Å². The molecule has 6 heteroatoms. The van der Waals surface area contributed by atoms with Gasteiger partial charge in [0.05, 0.1) is 16.0 Å². The smallest absolute Gasteiger partial charge is 0.150 e. The quantitative estimate of drug-likeness (QED) is 0.904. The van der Waals surface area contributed by atoms with E-state index in [2.05, 4.69) is 15.7 Å². The second-order valence-corrected chi connectivity index (χ2v) is 9.22. The maximum atomic E-state index is 11.8. The van der Waals surface area contributed by atoms with E-state index in [0.717, 1.165) is 42.8 Å².